The zero-order valence-electron chi connectivity index (χ0n) is 7.77. The summed E-state index contributed by atoms with van der Waals surface area (Å²) >= 11 is 1.35. The first-order chi connectivity index (χ1) is 6.81. The predicted octanol–water partition coefficient (Wildman–Crippen LogP) is 0.610. The van der Waals surface area contributed by atoms with Gasteiger partial charge in [-0.2, -0.15) is 0 Å². The van der Waals surface area contributed by atoms with Crippen LogP contribution in [0.15, 0.2) is 11.7 Å². The Morgan fingerprint density at radius 3 is 3.07 bits per heavy atom. The summed E-state index contributed by atoms with van der Waals surface area (Å²) in [6, 6.07) is 0.143. The summed E-state index contributed by atoms with van der Waals surface area (Å²) in [6.07, 6.45) is 3.95. The smallest absolute Gasteiger partial charge is 0.263 e. The number of carbonyl (C=O) groups excluding carboxylic acids is 1. The van der Waals surface area contributed by atoms with E-state index in [-0.39, 0.29) is 11.9 Å². The molecule has 4 nitrogen and oxygen atoms in total. The highest BCUT2D eigenvalue weighted by atomic mass is 32.1. The maximum atomic E-state index is 11.6. The molecule has 1 atom stereocenters. The van der Waals surface area contributed by atoms with Crippen molar-refractivity contribution in [2.75, 3.05) is 6.54 Å². The van der Waals surface area contributed by atoms with Crippen LogP contribution in [0.5, 0.6) is 0 Å². The molecule has 14 heavy (non-hydrogen) atoms. The minimum absolute atomic E-state index is 0.0464. The number of amides is 1. The lowest BCUT2D eigenvalue weighted by Crippen LogP contribution is -2.41. The Hall–Kier alpha value is -0.940. The van der Waals surface area contributed by atoms with Crippen LogP contribution in [0.2, 0.25) is 0 Å². The van der Waals surface area contributed by atoms with Crippen molar-refractivity contribution in [2.24, 2.45) is 11.7 Å². The van der Waals surface area contributed by atoms with Gasteiger partial charge in [-0.1, -0.05) is 0 Å². The summed E-state index contributed by atoms with van der Waals surface area (Å²) in [5.74, 6) is 0.548. The quantitative estimate of drug-likeness (QED) is 0.766. The molecule has 0 bridgehead atoms. The van der Waals surface area contributed by atoms with Crippen LogP contribution in [-0.4, -0.2) is 23.5 Å². The first kappa shape index (κ1) is 9.61. The van der Waals surface area contributed by atoms with Crippen LogP contribution in [0.4, 0.5) is 0 Å². The molecule has 1 amide bonds. The number of rotatable bonds is 4. The van der Waals surface area contributed by atoms with E-state index in [0.29, 0.717) is 17.3 Å². The second-order valence-corrected chi connectivity index (χ2v) is 4.41. The van der Waals surface area contributed by atoms with Gasteiger partial charge in [-0.3, -0.25) is 9.78 Å². The van der Waals surface area contributed by atoms with E-state index in [0.717, 1.165) is 0 Å². The fourth-order valence-corrected chi connectivity index (χ4v) is 1.96. The summed E-state index contributed by atoms with van der Waals surface area (Å²) in [6.45, 7) is 0.523. The summed E-state index contributed by atoms with van der Waals surface area (Å²) in [5.41, 5.74) is 7.24. The molecule has 0 spiro atoms. The molecule has 5 heteroatoms. The molecule has 76 valence electrons. The molecule has 0 aliphatic heterocycles. The Morgan fingerprint density at radius 1 is 1.79 bits per heavy atom. The van der Waals surface area contributed by atoms with Gasteiger partial charge < -0.3 is 11.1 Å². The van der Waals surface area contributed by atoms with Gasteiger partial charge in [-0.25, -0.2) is 0 Å². The number of aromatic nitrogens is 1. The van der Waals surface area contributed by atoms with Gasteiger partial charge in [-0.05, 0) is 18.8 Å². The SMILES string of the molecule is NCC(NC(=O)c1cncs1)C1CC1. The summed E-state index contributed by atoms with van der Waals surface area (Å²) in [5, 5.41) is 2.94. The third-order valence-corrected chi connectivity index (χ3v) is 3.19. The number of hydrogen-bond acceptors (Lipinski definition) is 4. The highest BCUT2D eigenvalue weighted by Crippen LogP contribution is 2.32. The van der Waals surface area contributed by atoms with Gasteiger partial charge in [0.05, 0.1) is 11.7 Å². The number of nitrogens with one attached hydrogen (secondary N) is 1. The maximum absolute atomic E-state index is 11.6. The number of carbonyl (C=O) groups is 1. The van der Waals surface area contributed by atoms with E-state index < -0.39 is 0 Å². The van der Waals surface area contributed by atoms with Crippen LogP contribution in [0.1, 0.15) is 22.5 Å². The molecular weight excluding hydrogens is 198 g/mol. The molecule has 1 aliphatic rings. The van der Waals surface area contributed by atoms with E-state index in [1.165, 1.54) is 24.2 Å². The van der Waals surface area contributed by atoms with Crippen molar-refractivity contribution in [1.82, 2.24) is 10.3 Å². The molecule has 3 N–H and O–H groups in total. The highest BCUT2D eigenvalue weighted by Gasteiger charge is 2.31. The first-order valence-corrected chi connectivity index (χ1v) is 5.58. The monoisotopic (exact) mass is 211 g/mol. The van der Waals surface area contributed by atoms with Gasteiger partial charge >= 0.3 is 0 Å². The van der Waals surface area contributed by atoms with Crippen LogP contribution in [0.25, 0.3) is 0 Å². The summed E-state index contributed by atoms with van der Waals surface area (Å²) in [7, 11) is 0. The van der Waals surface area contributed by atoms with E-state index in [2.05, 4.69) is 10.3 Å². The van der Waals surface area contributed by atoms with Gasteiger partial charge in [0.1, 0.15) is 4.88 Å². The van der Waals surface area contributed by atoms with Crippen LogP contribution in [0.3, 0.4) is 0 Å². The van der Waals surface area contributed by atoms with Crippen LogP contribution >= 0.6 is 11.3 Å². The van der Waals surface area contributed by atoms with E-state index in [9.17, 15) is 4.79 Å². The molecule has 1 unspecified atom stereocenters. The number of nitrogens with two attached hydrogens (primary N) is 1. The molecule has 1 aliphatic carbocycles. The Bertz CT molecular complexity index is 308. The predicted molar refractivity (Wildman–Crippen MR) is 55.1 cm³/mol. The molecule has 0 radical (unpaired) electrons. The van der Waals surface area contributed by atoms with E-state index in [4.69, 9.17) is 5.73 Å². The van der Waals surface area contributed by atoms with E-state index in [1.54, 1.807) is 11.7 Å². The lowest BCUT2D eigenvalue weighted by atomic mass is 10.2. The molecule has 1 aromatic rings. The van der Waals surface area contributed by atoms with Gasteiger partial charge in [0, 0.05) is 12.6 Å². The molecule has 2 rings (SSSR count). The van der Waals surface area contributed by atoms with E-state index in [1.807, 2.05) is 0 Å². The van der Waals surface area contributed by atoms with Crippen LogP contribution in [0, 0.1) is 5.92 Å². The molecule has 1 heterocycles. The minimum atomic E-state index is -0.0464. The van der Waals surface area contributed by atoms with Crippen LogP contribution < -0.4 is 11.1 Å². The second-order valence-electron chi connectivity index (χ2n) is 3.52. The average molecular weight is 211 g/mol. The zero-order valence-corrected chi connectivity index (χ0v) is 8.59. The number of hydrogen-bond donors (Lipinski definition) is 2. The van der Waals surface area contributed by atoms with Gasteiger partial charge in [0.2, 0.25) is 0 Å². The lowest BCUT2D eigenvalue weighted by molar-refractivity contribution is 0.0937. The number of nitrogens with zero attached hydrogens (tertiary/aromatic N) is 1. The largest absolute Gasteiger partial charge is 0.347 e. The lowest BCUT2D eigenvalue weighted by Gasteiger charge is -2.14. The minimum Gasteiger partial charge on any atom is -0.347 e. The van der Waals surface area contributed by atoms with E-state index >= 15 is 0 Å². The molecule has 0 saturated heterocycles. The van der Waals surface area contributed by atoms with Crippen molar-refractivity contribution in [2.45, 2.75) is 18.9 Å². The Kier molecular flexibility index (Phi) is 2.79. The zero-order chi connectivity index (χ0) is 9.97. The van der Waals surface area contributed by atoms with Gasteiger partial charge in [0.25, 0.3) is 5.91 Å². The molecular formula is C9H13N3OS. The van der Waals surface area contributed by atoms with Gasteiger partial charge in [-0.15, -0.1) is 11.3 Å². The third-order valence-electron chi connectivity index (χ3n) is 2.42. The molecule has 0 aromatic carbocycles. The fourth-order valence-electron chi connectivity index (χ4n) is 1.44. The fraction of sp³-hybridized carbons (Fsp3) is 0.556. The molecule has 1 saturated carbocycles. The Morgan fingerprint density at radius 2 is 2.57 bits per heavy atom. The van der Waals surface area contributed by atoms with Crippen molar-refractivity contribution < 1.29 is 4.79 Å². The standard InChI is InChI=1S/C9H13N3OS/c10-3-7(6-1-2-6)12-9(13)8-4-11-5-14-8/h4-7H,1-3,10H2,(H,12,13). The van der Waals surface area contributed by atoms with Crippen molar-refractivity contribution >= 4 is 17.2 Å². The Labute approximate surface area is 86.5 Å². The molecule has 1 fully saturated rings. The van der Waals surface area contributed by atoms with Crippen LogP contribution in [-0.2, 0) is 0 Å². The normalized spacial score (nSPS) is 17.8. The summed E-state index contributed by atoms with van der Waals surface area (Å²) < 4.78 is 0. The van der Waals surface area contributed by atoms with Crippen molar-refractivity contribution in [3.8, 4) is 0 Å². The number of thiazole rings is 1. The maximum Gasteiger partial charge on any atom is 0.263 e. The summed E-state index contributed by atoms with van der Waals surface area (Å²) in [4.78, 5) is 16.1. The molecule has 1 aromatic heterocycles. The Balaban J connectivity index is 1.92. The van der Waals surface area contributed by atoms with Crippen molar-refractivity contribution in [1.29, 1.82) is 0 Å². The second kappa shape index (κ2) is 4.06. The highest BCUT2D eigenvalue weighted by molar-refractivity contribution is 7.11. The van der Waals surface area contributed by atoms with Crippen molar-refractivity contribution in [3.05, 3.63) is 16.6 Å². The third kappa shape index (κ3) is 2.10. The van der Waals surface area contributed by atoms with Gasteiger partial charge in [0.15, 0.2) is 0 Å². The first-order valence-electron chi connectivity index (χ1n) is 4.70. The topological polar surface area (TPSA) is 68.0 Å². The average Bonchev–Trinajstić information content (AvgIpc) is 2.88. The van der Waals surface area contributed by atoms with Crippen molar-refractivity contribution in [3.63, 3.8) is 0 Å².